The first-order valence-electron chi connectivity index (χ1n) is 5.88. The molecule has 0 bridgehead atoms. The fraction of sp³-hybridized carbons (Fsp3) is 0.214. The van der Waals surface area contributed by atoms with E-state index in [9.17, 15) is 0 Å². The lowest BCUT2D eigenvalue weighted by molar-refractivity contribution is 0.459. The van der Waals surface area contributed by atoms with Gasteiger partial charge >= 0.3 is 0 Å². The minimum atomic E-state index is 0.577. The molecule has 1 heterocycles. The van der Waals surface area contributed by atoms with Crippen LogP contribution in [0.3, 0.4) is 0 Å². The number of benzene rings is 1. The zero-order valence-corrected chi connectivity index (χ0v) is 10.9. The molecule has 0 saturated heterocycles. The first kappa shape index (κ1) is 12.9. The van der Waals surface area contributed by atoms with E-state index in [4.69, 9.17) is 16.3 Å². The van der Waals surface area contributed by atoms with Crippen molar-refractivity contribution in [3.05, 3.63) is 53.2 Å². The van der Waals surface area contributed by atoms with Gasteiger partial charge in [-0.05, 0) is 30.8 Å². The molecular weight excluding hydrogens is 248 g/mol. The monoisotopic (exact) mass is 262 g/mol. The van der Waals surface area contributed by atoms with E-state index in [0.29, 0.717) is 16.7 Å². The molecule has 1 N–H and O–H groups in total. The van der Waals surface area contributed by atoms with Crippen molar-refractivity contribution in [1.82, 2.24) is 10.3 Å². The number of ether oxygens (including phenoxy) is 1. The van der Waals surface area contributed by atoms with E-state index in [2.05, 4.69) is 17.2 Å². The molecule has 0 spiro atoms. The third-order valence-electron chi connectivity index (χ3n) is 2.36. The van der Waals surface area contributed by atoms with Crippen molar-refractivity contribution in [2.45, 2.75) is 13.5 Å². The second-order valence-electron chi connectivity index (χ2n) is 3.81. The van der Waals surface area contributed by atoms with E-state index in [-0.39, 0.29) is 0 Å². The third-order valence-corrected chi connectivity index (χ3v) is 2.59. The SMILES string of the molecule is CCNCc1cccc(Oc2cccc(Cl)c2)n1. The van der Waals surface area contributed by atoms with E-state index < -0.39 is 0 Å². The van der Waals surface area contributed by atoms with E-state index in [1.807, 2.05) is 36.4 Å². The van der Waals surface area contributed by atoms with Gasteiger partial charge in [0.05, 0.1) is 5.69 Å². The highest BCUT2D eigenvalue weighted by molar-refractivity contribution is 6.30. The first-order valence-corrected chi connectivity index (χ1v) is 6.26. The molecule has 18 heavy (non-hydrogen) atoms. The molecule has 0 unspecified atom stereocenters. The van der Waals surface area contributed by atoms with E-state index in [1.165, 1.54) is 0 Å². The molecule has 1 aromatic heterocycles. The lowest BCUT2D eigenvalue weighted by atomic mass is 10.3. The Kier molecular flexibility index (Phi) is 4.56. The Morgan fingerprint density at radius 1 is 1.22 bits per heavy atom. The number of rotatable bonds is 5. The number of nitrogens with zero attached hydrogens (tertiary/aromatic N) is 1. The maximum absolute atomic E-state index is 5.90. The molecule has 0 saturated carbocycles. The largest absolute Gasteiger partial charge is 0.439 e. The van der Waals surface area contributed by atoms with Crippen LogP contribution in [0.4, 0.5) is 0 Å². The number of nitrogens with one attached hydrogen (secondary N) is 1. The van der Waals surface area contributed by atoms with Crippen LogP contribution in [0.1, 0.15) is 12.6 Å². The van der Waals surface area contributed by atoms with Crippen LogP contribution in [0.5, 0.6) is 11.6 Å². The van der Waals surface area contributed by atoms with Crippen LogP contribution in [0.25, 0.3) is 0 Å². The number of hydrogen-bond acceptors (Lipinski definition) is 3. The maximum Gasteiger partial charge on any atom is 0.219 e. The molecule has 94 valence electrons. The van der Waals surface area contributed by atoms with Crippen LogP contribution in [-0.2, 0) is 6.54 Å². The van der Waals surface area contributed by atoms with Gasteiger partial charge in [0, 0.05) is 17.6 Å². The van der Waals surface area contributed by atoms with Gasteiger partial charge in [0.15, 0.2) is 0 Å². The molecule has 2 rings (SSSR count). The fourth-order valence-corrected chi connectivity index (χ4v) is 1.70. The van der Waals surface area contributed by atoms with Gasteiger partial charge in [0.25, 0.3) is 0 Å². The van der Waals surface area contributed by atoms with Gasteiger partial charge in [-0.3, -0.25) is 0 Å². The van der Waals surface area contributed by atoms with Gasteiger partial charge in [0.2, 0.25) is 5.88 Å². The van der Waals surface area contributed by atoms with Crippen molar-refractivity contribution in [1.29, 1.82) is 0 Å². The van der Waals surface area contributed by atoms with Gasteiger partial charge in [-0.2, -0.15) is 0 Å². The second-order valence-corrected chi connectivity index (χ2v) is 4.24. The fourth-order valence-electron chi connectivity index (χ4n) is 1.52. The van der Waals surface area contributed by atoms with Crippen LogP contribution >= 0.6 is 11.6 Å². The summed E-state index contributed by atoms with van der Waals surface area (Å²) in [6.07, 6.45) is 0. The van der Waals surface area contributed by atoms with Gasteiger partial charge < -0.3 is 10.1 Å². The van der Waals surface area contributed by atoms with E-state index in [0.717, 1.165) is 18.8 Å². The van der Waals surface area contributed by atoms with Crippen molar-refractivity contribution in [2.75, 3.05) is 6.54 Å². The van der Waals surface area contributed by atoms with Gasteiger partial charge in [0.1, 0.15) is 5.75 Å². The van der Waals surface area contributed by atoms with Crippen molar-refractivity contribution in [2.24, 2.45) is 0 Å². The summed E-state index contributed by atoms with van der Waals surface area (Å²) in [5.74, 6) is 1.27. The molecule has 3 nitrogen and oxygen atoms in total. The summed E-state index contributed by atoms with van der Waals surface area (Å²) in [5.41, 5.74) is 0.955. The number of hydrogen-bond donors (Lipinski definition) is 1. The summed E-state index contributed by atoms with van der Waals surface area (Å²) in [7, 11) is 0. The molecule has 0 atom stereocenters. The lowest BCUT2D eigenvalue weighted by Gasteiger charge is -2.07. The van der Waals surface area contributed by atoms with Crippen LogP contribution < -0.4 is 10.1 Å². The molecule has 0 amide bonds. The number of pyridine rings is 1. The Labute approximate surface area is 112 Å². The minimum absolute atomic E-state index is 0.577. The molecule has 0 aliphatic rings. The van der Waals surface area contributed by atoms with E-state index in [1.54, 1.807) is 6.07 Å². The Balaban J connectivity index is 2.09. The van der Waals surface area contributed by atoms with Crippen LogP contribution in [0.2, 0.25) is 5.02 Å². The lowest BCUT2D eigenvalue weighted by Crippen LogP contribution is -2.12. The normalized spacial score (nSPS) is 10.3. The average Bonchev–Trinajstić information content (AvgIpc) is 2.37. The summed E-state index contributed by atoms with van der Waals surface area (Å²) < 4.78 is 5.66. The van der Waals surface area contributed by atoms with E-state index >= 15 is 0 Å². The molecule has 0 aliphatic carbocycles. The summed E-state index contributed by atoms with van der Waals surface area (Å²) in [6.45, 7) is 3.72. The standard InChI is InChI=1S/C14H15ClN2O/c1-2-16-10-12-6-4-8-14(17-12)18-13-7-3-5-11(15)9-13/h3-9,16H,2,10H2,1H3. The van der Waals surface area contributed by atoms with Gasteiger partial charge in [-0.25, -0.2) is 4.98 Å². The summed E-state index contributed by atoms with van der Waals surface area (Å²) >= 11 is 5.90. The second kappa shape index (κ2) is 6.38. The van der Waals surface area contributed by atoms with Crippen molar-refractivity contribution in [3.63, 3.8) is 0 Å². The molecule has 4 heteroatoms. The Bertz CT molecular complexity index is 517. The minimum Gasteiger partial charge on any atom is -0.439 e. The maximum atomic E-state index is 5.90. The van der Waals surface area contributed by atoms with Gasteiger partial charge in [-0.1, -0.05) is 30.7 Å². The highest BCUT2D eigenvalue weighted by Gasteiger charge is 2.01. The topological polar surface area (TPSA) is 34.1 Å². The van der Waals surface area contributed by atoms with Crippen molar-refractivity contribution < 1.29 is 4.74 Å². The molecular formula is C14H15ClN2O. The predicted octanol–water partition coefficient (Wildman–Crippen LogP) is 3.64. The smallest absolute Gasteiger partial charge is 0.219 e. The van der Waals surface area contributed by atoms with Crippen molar-refractivity contribution in [3.8, 4) is 11.6 Å². The highest BCUT2D eigenvalue weighted by atomic mass is 35.5. The quantitative estimate of drug-likeness (QED) is 0.893. The van der Waals surface area contributed by atoms with Crippen LogP contribution in [0, 0.1) is 0 Å². The number of aromatic nitrogens is 1. The summed E-state index contributed by atoms with van der Waals surface area (Å²) in [4.78, 5) is 4.41. The van der Waals surface area contributed by atoms with Crippen LogP contribution in [-0.4, -0.2) is 11.5 Å². The zero-order valence-electron chi connectivity index (χ0n) is 10.2. The average molecular weight is 263 g/mol. The van der Waals surface area contributed by atoms with Crippen LogP contribution in [0.15, 0.2) is 42.5 Å². The third kappa shape index (κ3) is 3.72. The van der Waals surface area contributed by atoms with Crippen molar-refractivity contribution >= 4 is 11.6 Å². The molecule has 1 aromatic carbocycles. The number of halogens is 1. The summed E-state index contributed by atoms with van der Waals surface area (Å²) in [5, 5.41) is 3.87. The zero-order chi connectivity index (χ0) is 12.8. The first-order chi connectivity index (χ1) is 8.78. The Morgan fingerprint density at radius 3 is 2.83 bits per heavy atom. The molecule has 0 fully saturated rings. The molecule has 2 aromatic rings. The highest BCUT2D eigenvalue weighted by Crippen LogP contribution is 2.22. The molecule has 0 radical (unpaired) electrons. The van der Waals surface area contributed by atoms with Gasteiger partial charge in [-0.15, -0.1) is 0 Å². The predicted molar refractivity (Wildman–Crippen MR) is 73.1 cm³/mol. The Hall–Kier alpha value is -1.58. The molecule has 0 aliphatic heterocycles. The summed E-state index contributed by atoms with van der Waals surface area (Å²) in [6, 6.07) is 13.0. The Morgan fingerprint density at radius 2 is 2.06 bits per heavy atom.